The number of hydrogen-bond donors (Lipinski definition) is 1. The van der Waals surface area contributed by atoms with E-state index in [0.717, 1.165) is 19.4 Å². The van der Waals surface area contributed by atoms with E-state index in [4.69, 9.17) is 26.2 Å². The van der Waals surface area contributed by atoms with Crippen LogP contribution in [0.15, 0.2) is 12.3 Å². The summed E-state index contributed by atoms with van der Waals surface area (Å²) in [7, 11) is 0. The zero-order chi connectivity index (χ0) is 11.4. The number of ether oxygens (including phenoxy) is 2. The summed E-state index contributed by atoms with van der Waals surface area (Å²) in [6.45, 7) is 1.20. The van der Waals surface area contributed by atoms with Gasteiger partial charge < -0.3 is 14.6 Å². The minimum Gasteiger partial charge on any atom is -0.475 e. The van der Waals surface area contributed by atoms with E-state index in [1.807, 2.05) is 0 Å². The normalized spacial score (nSPS) is 20.0. The van der Waals surface area contributed by atoms with Gasteiger partial charge in [-0.25, -0.2) is 4.98 Å². The van der Waals surface area contributed by atoms with Crippen molar-refractivity contribution in [3.8, 4) is 5.88 Å². The van der Waals surface area contributed by atoms with Gasteiger partial charge >= 0.3 is 0 Å². The quantitative estimate of drug-likeness (QED) is 0.876. The van der Waals surface area contributed by atoms with Gasteiger partial charge in [0.05, 0.1) is 17.7 Å². The van der Waals surface area contributed by atoms with Crippen molar-refractivity contribution in [2.75, 3.05) is 13.2 Å². The second-order valence-electron chi connectivity index (χ2n) is 3.72. The molecule has 1 fully saturated rings. The highest BCUT2D eigenvalue weighted by Crippen LogP contribution is 2.20. The minimum atomic E-state index is -0.113. The molecule has 1 atom stereocenters. The fraction of sp³-hybridized carbons (Fsp3) is 0.545. The average Bonchev–Trinajstić information content (AvgIpc) is 2.81. The van der Waals surface area contributed by atoms with Crippen LogP contribution < -0.4 is 4.74 Å². The first-order valence-electron chi connectivity index (χ1n) is 5.29. The first-order chi connectivity index (χ1) is 7.79. The highest BCUT2D eigenvalue weighted by atomic mass is 35.5. The third kappa shape index (κ3) is 2.84. The fourth-order valence-electron chi connectivity index (χ4n) is 1.61. The maximum atomic E-state index is 9.03. The summed E-state index contributed by atoms with van der Waals surface area (Å²) >= 11 is 5.82. The van der Waals surface area contributed by atoms with Crippen molar-refractivity contribution in [1.29, 1.82) is 0 Å². The van der Waals surface area contributed by atoms with E-state index >= 15 is 0 Å². The van der Waals surface area contributed by atoms with Crippen molar-refractivity contribution in [3.05, 3.63) is 22.8 Å². The zero-order valence-corrected chi connectivity index (χ0v) is 9.61. The smallest absolute Gasteiger partial charge is 0.213 e. The zero-order valence-electron chi connectivity index (χ0n) is 8.86. The monoisotopic (exact) mass is 243 g/mol. The molecule has 4 nitrogen and oxygen atoms in total. The van der Waals surface area contributed by atoms with E-state index in [1.54, 1.807) is 6.07 Å². The Morgan fingerprint density at radius 1 is 1.62 bits per heavy atom. The number of aliphatic hydroxyl groups excluding tert-OH is 1. The van der Waals surface area contributed by atoms with Crippen LogP contribution in [-0.4, -0.2) is 29.4 Å². The Kier molecular flexibility index (Phi) is 3.98. The highest BCUT2D eigenvalue weighted by Gasteiger charge is 2.16. The van der Waals surface area contributed by atoms with Crippen LogP contribution in [0, 0.1) is 0 Å². The van der Waals surface area contributed by atoms with Crippen LogP contribution in [0.1, 0.15) is 18.4 Å². The van der Waals surface area contributed by atoms with E-state index in [2.05, 4.69) is 4.98 Å². The van der Waals surface area contributed by atoms with Crippen molar-refractivity contribution >= 4 is 11.6 Å². The standard InChI is InChI=1S/C11H14ClNO3/c12-10-5-13-11(4-8(10)6-14)16-7-9-2-1-3-15-9/h4-5,9,14H,1-3,6-7H2. The van der Waals surface area contributed by atoms with Crippen molar-refractivity contribution in [2.24, 2.45) is 0 Å². The number of nitrogens with zero attached hydrogens (tertiary/aromatic N) is 1. The number of aliphatic hydroxyl groups is 1. The maximum Gasteiger partial charge on any atom is 0.213 e. The van der Waals surface area contributed by atoms with E-state index in [9.17, 15) is 0 Å². The molecular formula is C11H14ClNO3. The first-order valence-corrected chi connectivity index (χ1v) is 5.67. The van der Waals surface area contributed by atoms with Gasteiger partial charge in [0.25, 0.3) is 0 Å². The molecule has 1 aromatic heterocycles. The van der Waals surface area contributed by atoms with E-state index in [-0.39, 0.29) is 12.7 Å². The number of halogens is 1. The Morgan fingerprint density at radius 2 is 2.50 bits per heavy atom. The molecule has 0 aromatic carbocycles. The van der Waals surface area contributed by atoms with Crippen LogP contribution in [-0.2, 0) is 11.3 Å². The topological polar surface area (TPSA) is 51.6 Å². The molecule has 0 aliphatic carbocycles. The second kappa shape index (κ2) is 5.48. The van der Waals surface area contributed by atoms with Gasteiger partial charge in [-0.15, -0.1) is 0 Å². The molecule has 88 valence electrons. The summed E-state index contributed by atoms with van der Waals surface area (Å²) in [5, 5.41) is 9.48. The molecule has 5 heteroatoms. The third-order valence-corrected chi connectivity index (χ3v) is 2.86. The summed E-state index contributed by atoms with van der Waals surface area (Å²) in [4.78, 5) is 4.03. The lowest BCUT2D eigenvalue weighted by atomic mass is 10.2. The molecule has 1 saturated heterocycles. The molecule has 1 aromatic rings. The number of pyridine rings is 1. The Morgan fingerprint density at radius 3 is 3.19 bits per heavy atom. The Labute approximate surface area is 99.2 Å². The van der Waals surface area contributed by atoms with Crippen molar-refractivity contribution in [3.63, 3.8) is 0 Å². The second-order valence-corrected chi connectivity index (χ2v) is 4.13. The number of aromatic nitrogens is 1. The molecule has 1 aliphatic rings. The number of rotatable bonds is 4. The Bertz CT molecular complexity index is 353. The highest BCUT2D eigenvalue weighted by molar-refractivity contribution is 6.31. The third-order valence-electron chi connectivity index (χ3n) is 2.52. The van der Waals surface area contributed by atoms with Gasteiger partial charge in [-0.2, -0.15) is 0 Å². The van der Waals surface area contributed by atoms with Gasteiger partial charge in [0.1, 0.15) is 6.61 Å². The summed E-state index contributed by atoms with van der Waals surface area (Å²) < 4.78 is 10.9. The van der Waals surface area contributed by atoms with Crippen LogP contribution in [0.2, 0.25) is 5.02 Å². The summed E-state index contributed by atoms with van der Waals surface area (Å²) in [5.74, 6) is 0.476. The van der Waals surface area contributed by atoms with Crippen LogP contribution in [0.25, 0.3) is 0 Å². The molecule has 0 saturated carbocycles. The molecule has 1 unspecified atom stereocenters. The van der Waals surface area contributed by atoms with Gasteiger partial charge in [-0.05, 0) is 12.8 Å². The molecule has 2 rings (SSSR count). The van der Waals surface area contributed by atoms with E-state index < -0.39 is 0 Å². The summed E-state index contributed by atoms with van der Waals surface area (Å²) in [6.07, 6.45) is 3.76. The molecule has 1 aliphatic heterocycles. The van der Waals surface area contributed by atoms with Crippen LogP contribution in [0.5, 0.6) is 5.88 Å². The van der Waals surface area contributed by atoms with Gasteiger partial charge in [-0.3, -0.25) is 0 Å². The van der Waals surface area contributed by atoms with E-state index in [1.165, 1.54) is 6.20 Å². The summed E-state index contributed by atoms with van der Waals surface area (Å²) in [6, 6.07) is 1.65. The predicted octanol–water partition coefficient (Wildman–Crippen LogP) is 1.79. The molecule has 16 heavy (non-hydrogen) atoms. The van der Waals surface area contributed by atoms with Gasteiger partial charge in [0.2, 0.25) is 5.88 Å². The number of hydrogen-bond acceptors (Lipinski definition) is 4. The lowest BCUT2D eigenvalue weighted by Gasteiger charge is -2.11. The van der Waals surface area contributed by atoms with Crippen LogP contribution in [0.3, 0.4) is 0 Å². The molecular weight excluding hydrogens is 230 g/mol. The lowest BCUT2D eigenvalue weighted by Crippen LogP contribution is -2.16. The molecule has 1 N–H and O–H groups in total. The predicted molar refractivity (Wildman–Crippen MR) is 59.6 cm³/mol. The Balaban J connectivity index is 1.93. The minimum absolute atomic E-state index is 0.113. The first kappa shape index (κ1) is 11.6. The molecule has 0 bridgehead atoms. The van der Waals surface area contributed by atoms with Crippen molar-refractivity contribution in [2.45, 2.75) is 25.6 Å². The SMILES string of the molecule is OCc1cc(OCC2CCCO2)ncc1Cl. The van der Waals surface area contributed by atoms with Crippen LogP contribution >= 0.6 is 11.6 Å². The largest absolute Gasteiger partial charge is 0.475 e. The van der Waals surface area contributed by atoms with Crippen molar-refractivity contribution in [1.82, 2.24) is 4.98 Å². The maximum absolute atomic E-state index is 9.03. The van der Waals surface area contributed by atoms with Gasteiger partial charge in [0, 0.05) is 24.4 Å². The van der Waals surface area contributed by atoms with Crippen molar-refractivity contribution < 1.29 is 14.6 Å². The molecule has 0 amide bonds. The molecule has 0 spiro atoms. The lowest BCUT2D eigenvalue weighted by molar-refractivity contribution is 0.0662. The van der Waals surface area contributed by atoms with Gasteiger partial charge in [-0.1, -0.05) is 11.6 Å². The van der Waals surface area contributed by atoms with Gasteiger partial charge in [0.15, 0.2) is 0 Å². The summed E-state index contributed by atoms with van der Waals surface area (Å²) in [5.41, 5.74) is 0.624. The van der Waals surface area contributed by atoms with Crippen LogP contribution in [0.4, 0.5) is 0 Å². The average molecular weight is 244 g/mol. The fourth-order valence-corrected chi connectivity index (χ4v) is 1.78. The molecule has 0 radical (unpaired) electrons. The molecule has 2 heterocycles. The van der Waals surface area contributed by atoms with E-state index in [0.29, 0.717) is 23.1 Å². The Hall–Kier alpha value is -0.840.